The second kappa shape index (κ2) is 5.32. The Labute approximate surface area is 113 Å². The Morgan fingerprint density at radius 3 is 2.32 bits per heavy atom. The molecule has 0 saturated carbocycles. The van der Waals surface area contributed by atoms with Crippen LogP contribution in [0.3, 0.4) is 0 Å². The van der Waals surface area contributed by atoms with Crippen LogP contribution < -0.4 is 10.5 Å². The topological polar surface area (TPSA) is 72.2 Å². The van der Waals surface area contributed by atoms with Crippen molar-refractivity contribution in [1.29, 1.82) is 0 Å². The summed E-state index contributed by atoms with van der Waals surface area (Å²) in [4.78, 5) is 0.201. The van der Waals surface area contributed by atoms with Crippen molar-refractivity contribution >= 4 is 21.4 Å². The van der Waals surface area contributed by atoms with Crippen LogP contribution >= 0.6 is 0 Å². The first-order chi connectivity index (χ1) is 9.03. The first kappa shape index (κ1) is 13.4. The minimum atomic E-state index is -3.57. The lowest BCUT2D eigenvalue weighted by atomic mass is 10.1. The molecule has 2 rings (SSSR count). The fraction of sp³-hybridized carbons (Fsp3) is 0.143. The summed E-state index contributed by atoms with van der Waals surface area (Å²) in [6, 6.07) is 13.5. The molecule has 100 valence electrons. The molecule has 0 aliphatic heterocycles. The number of nitrogens with two attached hydrogens (primary N) is 1. The van der Waals surface area contributed by atoms with Gasteiger partial charge in [-0.15, -0.1) is 0 Å². The Morgan fingerprint density at radius 1 is 1.05 bits per heavy atom. The maximum atomic E-state index is 12.2. The number of benzene rings is 2. The van der Waals surface area contributed by atoms with Crippen LogP contribution in [0.15, 0.2) is 53.4 Å². The second-order valence-corrected chi connectivity index (χ2v) is 5.87. The van der Waals surface area contributed by atoms with Gasteiger partial charge in [0, 0.05) is 5.69 Å². The standard InChI is InChI=1S/C14H16N2O2S/c1-2-11-5-3-4-6-14(11)16-19(17,18)13-9-7-12(15)8-10-13/h3-10,16H,2,15H2,1H3. The molecule has 0 atom stereocenters. The van der Waals surface area contributed by atoms with Gasteiger partial charge < -0.3 is 5.73 Å². The third kappa shape index (κ3) is 3.06. The number of aryl methyl sites for hydroxylation is 1. The number of hydrogen-bond donors (Lipinski definition) is 2. The molecule has 0 fully saturated rings. The maximum Gasteiger partial charge on any atom is 0.261 e. The Morgan fingerprint density at radius 2 is 1.68 bits per heavy atom. The Bertz CT molecular complexity index is 664. The molecule has 3 N–H and O–H groups in total. The average Bonchev–Trinajstić information content (AvgIpc) is 2.39. The van der Waals surface area contributed by atoms with E-state index in [0.29, 0.717) is 11.4 Å². The monoisotopic (exact) mass is 276 g/mol. The summed E-state index contributed by atoms with van der Waals surface area (Å²) >= 11 is 0. The molecule has 0 bridgehead atoms. The van der Waals surface area contributed by atoms with Gasteiger partial charge in [0.15, 0.2) is 0 Å². The summed E-state index contributed by atoms with van der Waals surface area (Å²) in [6.07, 6.45) is 0.764. The highest BCUT2D eigenvalue weighted by molar-refractivity contribution is 7.92. The molecule has 2 aromatic carbocycles. The first-order valence-corrected chi connectivity index (χ1v) is 7.47. The van der Waals surface area contributed by atoms with Gasteiger partial charge >= 0.3 is 0 Å². The van der Waals surface area contributed by atoms with Crippen molar-refractivity contribution in [2.45, 2.75) is 18.2 Å². The van der Waals surface area contributed by atoms with Crippen molar-refractivity contribution in [1.82, 2.24) is 0 Å². The molecule has 0 aliphatic rings. The molecule has 0 unspecified atom stereocenters. The van der Waals surface area contributed by atoms with Crippen LogP contribution in [-0.4, -0.2) is 8.42 Å². The summed E-state index contributed by atoms with van der Waals surface area (Å²) in [7, 11) is -3.57. The lowest BCUT2D eigenvalue weighted by molar-refractivity contribution is 0.601. The minimum absolute atomic E-state index is 0.201. The number of nitrogen functional groups attached to an aromatic ring is 1. The molecular formula is C14H16N2O2S. The molecule has 0 radical (unpaired) electrons. The van der Waals surface area contributed by atoms with Gasteiger partial charge in [-0.25, -0.2) is 8.42 Å². The predicted molar refractivity (Wildman–Crippen MR) is 77.5 cm³/mol. The van der Waals surface area contributed by atoms with E-state index >= 15 is 0 Å². The molecule has 0 heterocycles. The molecule has 4 nitrogen and oxygen atoms in total. The number of hydrogen-bond acceptors (Lipinski definition) is 3. The van der Waals surface area contributed by atoms with Gasteiger partial charge in [0.05, 0.1) is 10.6 Å². The van der Waals surface area contributed by atoms with Gasteiger partial charge in [0.2, 0.25) is 0 Å². The third-order valence-electron chi connectivity index (χ3n) is 2.83. The molecule has 0 spiro atoms. The Balaban J connectivity index is 2.34. The van der Waals surface area contributed by atoms with Gasteiger partial charge in [-0.1, -0.05) is 25.1 Å². The van der Waals surface area contributed by atoms with Crippen molar-refractivity contribution < 1.29 is 8.42 Å². The van der Waals surface area contributed by atoms with Crippen LogP contribution in [0.4, 0.5) is 11.4 Å². The Hall–Kier alpha value is -2.01. The highest BCUT2D eigenvalue weighted by atomic mass is 32.2. The van der Waals surface area contributed by atoms with Crippen LogP contribution in [0, 0.1) is 0 Å². The van der Waals surface area contributed by atoms with Gasteiger partial charge in [0.25, 0.3) is 10.0 Å². The minimum Gasteiger partial charge on any atom is -0.399 e. The number of sulfonamides is 1. The molecule has 0 amide bonds. The van der Waals surface area contributed by atoms with Gasteiger partial charge in [0.1, 0.15) is 0 Å². The van der Waals surface area contributed by atoms with E-state index in [1.165, 1.54) is 12.1 Å². The summed E-state index contributed by atoms with van der Waals surface area (Å²) < 4.78 is 27.1. The van der Waals surface area contributed by atoms with E-state index in [9.17, 15) is 8.42 Å². The largest absolute Gasteiger partial charge is 0.399 e. The zero-order chi connectivity index (χ0) is 13.9. The van der Waals surface area contributed by atoms with Crippen molar-refractivity contribution in [2.24, 2.45) is 0 Å². The van der Waals surface area contributed by atoms with Gasteiger partial charge in [-0.2, -0.15) is 0 Å². The van der Waals surface area contributed by atoms with Crippen LogP contribution in [0.2, 0.25) is 0 Å². The first-order valence-electron chi connectivity index (χ1n) is 5.99. The highest BCUT2D eigenvalue weighted by Gasteiger charge is 2.15. The van der Waals surface area contributed by atoms with E-state index in [2.05, 4.69) is 4.72 Å². The number of para-hydroxylation sites is 1. The average molecular weight is 276 g/mol. The fourth-order valence-corrected chi connectivity index (χ4v) is 2.88. The van der Waals surface area contributed by atoms with Crippen molar-refractivity contribution in [3.8, 4) is 0 Å². The highest BCUT2D eigenvalue weighted by Crippen LogP contribution is 2.20. The zero-order valence-electron chi connectivity index (χ0n) is 10.6. The summed E-state index contributed by atoms with van der Waals surface area (Å²) in [5.74, 6) is 0. The quantitative estimate of drug-likeness (QED) is 0.843. The van der Waals surface area contributed by atoms with E-state index in [1.807, 2.05) is 19.1 Å². The predicted octanol–water partition coefficient (Wildman–Crippen LogP) is 2.63. The summed E-state index contributed by atoms with van der Waals surface area (Å²) in [5, 5.41) is 0. The molecule has 19 heavy (non-hydrogen) atoms. The van der Waals surface area contributed by atoms with Crippen LogP contribution in [0.1, 0.15) is 12.5 Å². The lowest BCUT2D eigenvalue weighted by Gasteiger charge is -2.11. The molecular weight excluding hydrogens is 260 g/mol. The van der Waals surface area contributed by atoms with Crippen LogP contribution in [0.25, 0.3) is 0 Å². The van der Waals surface area contributed by atoms with E-state index in [4.69, 9.17) is 5.73 Å². The third-order valence-corrected chi connectivity index (χ3v) is 4.21. The molecule has 5 heteroatoms. The van der Waals surface area contributed by atoms with Crippen molar-refractivity contribution in [3.05, 3.63) is 54.1 Å². The van der Waals surface area contributed by atoms with E-state index in [-0.39, 0.29) is 4.90 Å². The number of nitrogens with one attached hydrogen (secondary N) is 1. The van der Waals surface area contributed by atoms with Crippen LogP contribution in [0.5, 0.6) is 0 Å². The van der Waals surface area contributed by atoms with Crippen LogP contribution in [-0.2, 0) is 16.4 Å². The van der Waals surface area contributed by atoms with E-state index < -0.39 is 10.0 Å². The molecule has 2 aromatic rings. The lowest BCUT2D eigenvalue weighted by Crippen LogP contribution is -2.14. The smallest absolute Gasteiger partial charge is 0.261 e. The molecule has 0 aromatic heterocycles. The van der Waals surface area contributed by atoms with E-state index in [1.54, 1.807) is 24.3 Å². The van der Waals surface area contributed by atoms with Crippen molar-refractivity contribution in [3.63, 3.8) is 0 Å². The Kier molecular flexibility index (Phi) is 3.76. The summed E-state index contributed by atoms with van der Waals surface area (Å²) in [6.45, 7) is 1.98. The molecule has 0 saturated heterocycles. The maximum absolute atomic E-state index is 12.2. The van der Waals surface area contributed by atoms with Gasteiger partial charge in [-0.05, 0) is 42.3 Å². The second-order valence-electron chi connectivity index (χ2n) is 4.19. The van der Waals surface area contributed by atoms with Gasteiger partial charge in [-0.3, -0.25) is 4.72 Å². The normalized spacial score (nSPS) is 11.2. The van der Waals surface area contributed by atoms with E-state index in [0.717, 1.165) is 12.0 Å². The number of rotatable bonds is 4. The number of anilines is 2. The fourth-order valence-electron chi connectivity index (χ4n) is 1.78. The SMILES string of the molecule is CCc1ccccc1NS(=O)(=O)c1ccc(N)cc1. The summed E-state index contributed by atoms with van der Waals surface area (Å²) in [5.41, 5.74) is 7.66. The van der Waals surface area contributed by atoms with Crippen molar-refractivity contribution in [2.75, 3.05) is 10.5 Å². The zero-order valence-corrected chi connectivity index (χ0v) is 11.4. The molecule has 0 aliphatic carbocycles.